The molecule has 0 radical (unpaired) electrons. The summed E-state index contributed by atoms with van der Waals surface area (Å²) in [7, 11) is 0. The summed E-state index contributed by atoms with van der Waals surface area (Å²) < 4.78 is 0. The molecule has 1 aliphatic rings. The molecule has 0 unspecified atom stereocenters. The minimum atomic E-state index is 0.188. The monoisotopic (exact) mass is 362 g/mol. The van der Waals surface area contributed by atoms with E-state index in [1.807, 2.05) is 48.2 Å². The molecule has 1 saturated heterocycles. The van der Waals surface area contributed by atoms with E-state index in [1.54, 1.807) is 6.07 Å². The number of nitrogens with zero attached hydrogens (tertiary/aromatic N) is 2. The number of carbonyl (C=O) groups excluding carboxylic acids is 1. The average Bonchev–Trinajstić information content (AvgIpc) is 2.56. The Hall–Kier alpha value is -1.71. The summed E-state index contributed by atoms with van der Waals surface area (Å²) in [6.45, 7) is 5.06. The van der Waals surface area contributed by atoms with E-state index in [4.69, 9.17) is 23.2 Å². The van der Waals surface area contributed by atoms with Gasteiger partial charge in [-0.15, -0.1) is 0 Å². The van der Waals surface area contributed by atoms with Crippen molar-refractivity contribution in [2.24, 2.45) is 0 Å². The highest BCUT2D eigenvalue weighted by Gasteiger charge is 2.22. The zero-order valence-corrected chi connectivity index (χ0v) is 15.1. The molecule has 0 spiro atoms. The number of halogens is 2. The van der Waals surface area contributed by atoms with Gasteiger partial charge in [0.2, 0.25) is 5.91 Å². The molecule has 24 heavy (non-hydrogen) atoms. The molecule has 126 valence electrons. The maximum absolute atomic E-state index is 12.5. The number of hydrogen-bond acceptors (Lipinski definition) is 2. The molecule has 3 nitrogen and oxygen atoms in total. The van der Waals surface area contributed by atoms with Crippen molar-refractivity contribution in [1.29, 1.82) is 0 Å². The Kier molecular flexibility index (Phi) is 5.32. The van der Waals surface area contributed by atoms with Crippen molar-refractivity contribution in [3.8, 4) is 0 Å². The lowest BCUT2D eigenvalue weighted by molar-refractivity contribution is -0.130. The molecular formula is C19H20Cl2N2O. The van der Waals surface area contributed by atoms with Crippen molar-refractivity contribution in [1.82, 2.24) is 4.90 Å². The lowest BCUT2D eigenvalue weighted by atomic mass is 10.1. The summed E-state index contributed by atoms with van der Waals surface area (Å²) in [6.07, 6.45) is 0.468. The predicted molar refractivity (Wildman–Crippen MR) is 100 cm³/mol. The van der Waals surface area contributed by atoms with Gasteiger partial charge in [-0.25, -0.2) is 0 Å². The fraction of sp³-hybridized carbons (Fsp3) is 0.316. The SMILES string of the molecule is Cc1ccccc1CC(=O)N1CCN(c2cc(Cl)cc(Cl)c2)CC1. The number of hydrogen-bond donors (Lipinski definition) is 0. The number of benzene rings is 2. The van der Waals surface area contributed by atoms with Crippen LogP contribution in [0, 0.1) is 6.92 Å². The van der Waals surface area contributed by atoms with Crippen LogP contribution in [0.2, 0.25) is 10.0 Å². The summed E-state index contributed by atoms with van der Waals surface area (Å²) in [5.74, 6) is 0.188. The summed E-state index contributed by atoms with van der Waals surface area (Å²) in [5, 5.41) is 1.27. The van der Waals surface area contributed by atoms with E-state index in [0.717, 1.165) is 43.0 Å². The number of aryl methyl sites for hydroxylation is 1. The van der Waals surface area contributed by atoms with E-state index >= 15 is 0 Å². The van der Waals surface area contributed by atoms with Crippen molar-refractivity contribution < 1.29 is 4.79 Å². The summed E-state index contributed by atoms with van der Waals surface area (Å²) in [4.78, 5) is 16.7. The van der Waals surface area contributed by atoms with Crippen molar-refractivity contribution in [2.75, 3.05) is 31.1 Å². The predicted octanol–water partition coefficient (Wildman–Crippen LogP) is 4.19. The largest absolute Gasteiger partial charge is 0.368 e. The molecule has 0 N–H and O–H groups in total. The maximum atomic E-state index is 12.5. The van der Waals surface area contributed by atoms with Gasteiger partial charge < -0.3 is 9.80 Å². The molecule has 0 aromatic heterocycles. The van der Waals surface area contributed by atoms with E-state index in [1.165, 1.54) is 0 Å². The second-order valence-electron chi connectivity index (χ2n) is 6.10. The van der Waals surface area contributed by atoms with E-state index in [2.05, 4.69) is 4.90 Å². The van der Waals surface area contributed by atoms with Gasteiger partial charge in [-0.1, -0.05) is 47.5 Å². The van der Waals surface area contributed by atoms with Crippen LogP contribution >= 0.6 is 23.2 Å². The van der Waals surface area contributed by atoms with Crippen LogP contribution < -0.4 is 4.90 Å². The summed E-state index contributed by atoms with van der Waals surface area (Å²) in [6, 6.07) is 13.6. The van der Waals surface area contributed by atoms with Gasteiger partial charge in [-0.3, -0.25) is 4.79 Å². The van der Waals surface area contributed by atoms with E-state index in [9.17, 15) is 4.79 Å². The van der Waals surface area contributed by atoms with Crippen LogP contribution in [0.5, 0.6) is 0 Å². The Balaban J connectivity index is 1.60. The highest BCUT2D eigenvalue weighted by molar-refractivity contribution is 6.35. The molecule has 0 aliphatic carbocycles. The average molecular weight is 363 g/mol. The number of rotatable bonds is 3. The second kappa shape index (κ2) is 7.45. The van der Waals surface area contributed by atoms with Gasteiger partial charge in [0, 0.05) is 41.9 Å². The van der Waals surface area contributed by atoms with Crippen LogP contribution in [-0.4, -0.2) is 37.0 Å². The number of piperazine rings is 1. The first-order valence-corrected chi connectivity index (χ1v) is 8.82. The van der Waals surface area contributed by atoms with Crippen molar-refractivity contribution >= 4 is 34.8 Å². The third-order valence-electron chi connectivity index (χ3n) is 4.45. The molecule has 1 fully saturated rings. The van der Waals surface area contributed by atoms with Gasteiger partial charge in [0.25, 0.3) is 0 Å². The topological polar surface area (TPSA) is 23.6 Å². The lowest BCUT2D eigenvalue weighted by Gasteiger charge is -2.36. The first-order valence-electron chi connectivity index (χ1n) is 8.06. The van der Waals surface area contributed by atoms with Gasteiger partial charge in [0.15, 0.2) is 0 Å². The van der Waals surface area contributed by atoms with Crippen LogP contribution in [0.15, 0.2) is 42.5 Å². The van der Waals surface area contributed by atoms with Crippen LogP contribution in [0.3, 0.4) is 0 Å². The van der Waals surface area contributed by atoms with Crippen LogP contribution in [-0.2, 0) is 11.2 Å². The van der Waals surface area contributed by atoms with Crippen molar-refractivity contribution in [3.05, 3.63) is 63.6 Å². The molecule has 2 aromatic rings. The quantitative estimate of drug-likeness (QED) is 0.816. The van der Waals surface area contributed by atoms with Gasteiger partial charge in [-0.2, -0.15) is 0 Å². The van der Waals surface area contributed by atoms with E-state index in [0.29, 0.717) is 16.5 Å². The molecule has 3 rings (SSSR count). The third-order valence-corrected chi connectivity index (χ3v) is 4.88. The number of anilines is 1. The van der Waals surface area contributed by atoms with E-state index < -0.39 is 0 Å². The fourth-order valence-electron chi connectivity index (χ4n) is 3.02. The second-order valence-corrected chi connectivity index (χ2v) is 6.97. The van der Waals surface area contributed by atoms with Gasteiger partial charge >= 0.3 is 0 Å². The first-order chi connectivity index (χ1) is 11.5. The van der Waals surface area contributed by atoms with Gasteiger partial charge in [-0.05, 0) is 36.2 Å². The van der Waals surface area contributed by atoms with Crippen LogP contribution in [0.25, 0.3) is 0 Å². The normalized spacial score (nSPS) is 14.8. The Morgan fingerprint density at radius 1 is 1.00 bits per heavy atom. The standard InChI is InChI=1S/C19H20Cl2N2O/c1-14-4-2-3-5-15(14)10-19(24)23-8-6-22(7-9-23)18-12-16(20)11-17(21)13-18/h2-5,11-13H,6-10H2,1H3. The molecule has 1 aliphatic heterocycles. The highest BCUT2D eigenvalue weighted by atomic mass is 35.5. The van der Waals surface area contributed by atoms with E-state index in [-0.39, 0.29) is 5.91 Å². The molecule has 5 heteroatoms. The summed E-state index contributed by atoms with van der Waals surface area (Å²) >= 11 is 12.2. The molecule has 2 aromatic carbocycles. The minimum absolute atomic E-state index is 0.188. The van der Waals surface area contributed by atoms with Crippen molar-refractivity contribution in [2.45, 2.75) is 13.3 Å². The molecule has 0 saturated carbocycles. The zero-order chi connectivity index (χ0) is 17.1. The molecule has 1 heterocycles. The molecule has 0 atom stereocenters. The molecule has 0 bridgehead atoms. The maximum Gasteiger partial charge on any atom is 0.227 e. The smallest absolute Gasteiger partial charge is 0.227 e. The number of amides is 1. The first kappa shape index (κ1) is 17.1. The Morgan fingerprint density at radius 2 is 1.62 bits per heavy atom. The fourth-order valence-corrected chi connectivity index (χ4v) is 3.53. The number of carbonyl (C=O) groups is 1. The molecule has 1 amide bonds. The third kappa shape index (κ3) is 4.03. The van der Waals surface area contributed by atoms with Gasteiger partial charge in [0.05, 0.1) is 6.42 Å². The summed E-state index contributed by atoms with van der Waals surface area (Å²) in [5.41, 5.74) is 3.28. The minimum Gasteiger partial charge on any atom is -0.368 e. The lowest BCUT2D eigenvalue weighted by Crippen LogP contribution is -2.49. The van der Waals surface area contributed by atoms with Crippen LogP contribution in [0.1, 0.15) is 11.1 Å². The van der Waals surface area contributed by atoms with Crippen LogP contribution in [0.4, 0.5) is 5.69 Å². The molecular weight excluding hydrogens is 343 g/mol. The Labute approximate surface area is 152 Å². The highest BCUT2D eigenvalue weighted by Crippen LogP contribution is 2.26. The Bertz CT molecular complexity index is 720. The Morgan fingerprint density at radius 3 is 2.25 bits per heavy atom. The zero-order valence-electron chi connectivity index (χ0n) is 13.6. The van der Waals surface area contributed by atoms with Crippen molar-refractivity contribution in [3.63, 3.8) is 0 Å². The van der Waals surface area contributed by atoms with Gasteiger partial charge in [0.1, 0.15) is 0 Å².